The Morgan fingerprint density at radius 3 is 2.71 bits per heavy atom. The van der Waals surface area contributed by atoms with Crippen LogP contribution in [0.15, 0.2) is 34.2 Å². The number of ether oxygens (including phenoxy) is 1. The van der Waals surface area contributed by atoms with Gasteiger partial charge in [0.05, 0.1) is 17.5 Å². The smallest absolute Gasteiger partial charge is 0.240 e. The second kappa shape index (κ2) is 12.0. The highest BCUT2D eigenvalue weighted by molar-refractivity contribution is 7.89. The molecular weight excluding hydrogens is 376 g/mol. The van der Waals surface area contributed by atoms with E-state index in [1.165, 1.54) is 39.2 Å². The van der Waals surface area contributed by atoms with Crippen LogP contribution in [-0.4, -0.2) is 47.2 Å². The van der Waals surface area contributed by atoms with Crippen LogP contribution in [0, 0.1) is 0 Å². The predicted octanol–water partition coefficient (Wildman–Crippen LogP) is 2.39. The van der Waals surface area contributed by atoms with E-state index in [9.17, 15) is 8.42 Å². The number of benzene rings is 1. The number of hydrogen-bond donors (Lipinski definition) is 3. The second-order valence-electron chi connectivity index (χ2n) is 6.96. The zero-order valence-corrected chi connectivity index (χ0v) is 17.9. The van der Waals surface area contributed by atoms with Crippen molar-refractivity contribution in [1.82, 2.24) is 15.4 Å². The van der Waals surface area contributed by atoms with Crippen LogP contribution in [0.5, 0.6) is 0 Å². The van der Waals surface area contributed by atoms with Gasteiger partial charge in [0, 0.05) is 19.7 Å². The van der Waals surface area contributed by atoms with Crippen molar-refractivity contribution in [3.8, 4) is 0 Å². The molecule has 28 heavy (non-hydrogen) atoms. The van der Waals surface area contributed by atoms with Crippen LogP contribution in [0.2, 0.25) is 0 Å². The average molecular weight is 411 g/mol. The summed E-state index contributed by atoms with van der Waals surface area (Å²) in [7, 11) is -2.03. The molecule has 0 atom stereocenters. The first-order valence-corrected chi connectivity index (χ1v) is 11.7. The van der Waals surface area contributed by atoms with Gasteiger partial charge < -0.3 is 15.4 Å². The molecular formula is C20H34N4O3S. The van der Waals surface area contributed by atoms with Gasteiger partial charge >= 0.3 is 0 Å². The summed E-state index contributed by atoms with van der Waals surface area (Å²) in [5.41, 5.74) is 0.842. The number of aliphatic imine (C=N–C) groups is 1. The lowest BCUT2D eigenvalue weighted by Crippen LogP contribution is -2.38. The molecule has 0 saturated heterocycles. The fourth-order valence-electron chi connectivity index (χ4n) is 3.20. The van der Waals surface area contributed by atoms with Gasteiger partial charge in [-0.15, -0.1) is 0 Å². The molecule has 0 aromatic heterocycles. The third-order valence-corrected chi connectivity index (χ3v) is 6.17. The molecule has 0 amide bonds. The molecule has 0 aliphatic heterocycles. The van der Waals surface area contributed by atoms with Crippen LogP contribution in [0.1, 0.15) is 51.0 Å². The third kappa shape index (κ3) is 7.77. The molecule has 8 heteroatoms. The fourth-order valence-corrected chi connectivity index (χ4v) is 4.00. The predicted molar refractivity (Wildman–Crippen MR) is 113 cm³/mol. The van der Waals surface area contributed by atoms with Gasteiger partial charge in [0.25, 0.3) is 0 Å². The first-order valence-electron chi connectivity index (χ1n) is 10.2. The van der Waals surface area contributed by atoms with E-state index in [-0.39, 0.29) is 4.90 Å². The molecule has 1 fully saturated rings. The molecule has 0 spiro atoms. The topological polar surface area (TPSA) is 91.8 Å². The van der Waals surface area contributed by atoms with E-state index in [1.54, 1.807) is 18.2 Å². The highest BCUT2D eigenvalue weighted by atomic mass is 32.2. The zero-order chi connectivity index (χ0) is 20.2. The lowest BCUT2D eigenvalue weighted by Gasteiger charge is -2.22. The van der Waals surface area contributed by atoms with Crippen LogP contribution in [0.3, 0.4) is 0 Å². The Bertz CT molecular complexity index is 716. The Kier molecular flexibility index (Phi) is 9.73. The third-order valence-electron chi connectivity index (χ3n) is 4.76. The Balaban J connectivity index is 1.80. The van der Waals surface area contributed by atoms with Gasteiger partial charge in [-0.3, -0.25) is 0 Å². The van der Waals surface area contributed by atoms with Gasteiger partial charge in [-0.25, -0.2) is 18.1 Å². The molecule has 1 aliphatic carbocycles. The van der Waals surface area contributed by atoms with Gasteiger partial charge in [-0.1, -0.05) is 31.4 Å². The van der Waals surface area contributed by atoms with E-state index < -0.39 is 10.0 Å². The summed E-state index contributed by atoms with van der Waals surface area (Å²) in [6.07, 6.45) is 7.68. The lowest BCUT2D eigenvalue weighted by atomic mass is 9.98. The number of hydrogen-bond acceptors (Lipinski definition) is 4. The maximum absolute atomic E-state index is 11.9. The number of rotatable bonds is 10. The van der Waals surface area contributed by atoms with Gasteiger partial charge in [-0.05, 0) is 50.9 Å². The molecule has 3 N–H and O–H groups in total. The summed E-state index contributed by atoms with van der Waals surface area (Å²) in [5, 5.41) is 6.53. The van der Waals surface area contributed by atoms with E-state index in [0.717, 1.165) is 37.6 Å². The van der Waals surface area contributed by atoms with Crippen LogP contribution in [0.25, 0.3) is 0 Å². The SMILES string of the molecule is CCNC(=NCc1cccc(S(=O)(=O)NC)c1)NCCCOC1CCCCC1. The van der Waals surface area contributed by atoms with E-state index in [1.807, 2.05) is 13.0 Å². The Morgan fingerprint density at radius 1 is 1.21 bits per heavy atom. The minimum atomic E-state index is -3.44. The monoisotopic (exact) mass is 410 g/mol. The molecule has 7 nitrogen and oxygen atoms in total. The van der Waals surface area contributed by atoms with Gasteiger partial charge in [0.1, 0.15) is 0 Å². The zero-order valence-electron chi connectivity index (χ0n) is 17.0. The largest absolute Gasteiger partial charge is 0.378 e. The maximum Gasteiger partial charge on any atom is 0.240 e. The van der Waals surface area contributed by atoms with Crippen molar-refractivity contribution in [2.45, 2.75) is 63.0 Å². The van der Waals surface area contributed by atoms with Crippen molar-refractivity contribution >= 4 is 16.0 Å². The molecule has 0 unspecified atom stereocenters. The van der Waals surface area contributed by atoms with Crippen molar-refractivity contribution in [2.24, 2.45) is 4.99 Å². The van der Waals surface area contributed by atoms with E-state index in [2.05, 4.69) is 20.3 Å². The van der Waals surface area contributed by atoms with Crippen molar-refractivity contribution in [1.29, 1.82) is 0 Å². The van der Waals surface area contributed by atoms with Crippen molar-refractivity contribution in [2.75, 3.05) is 26.7 Å². The van der Waals surface area contributed by atoms with E-state index in [0.29, 0.717) is 12.6 Å². The summed E-state index contributed by atoms with van der Waals surface area (Å²) < 4.78 is 32.1. The molecule has 2 rings (SSSR count). The van der Waals surface area contributed by atoms with Gasteiger partial charge in [0.15, 0.2) is 5.96 Å². The number of nitrogens with one attached hydrogen (secondary N) is 3. The normalized spacial score (nSPS) is 16.1. The Morgan fingerprint density at radius 2 is 2.00 bits per heavy atom. The highest BCUT2D eigenvalue weighted by Crippen LogP contribution is 2.20. The summed E-state index contributed by atoms with van der Waals surface area (Å²) in [4.78, 5) is 4.81. The number of nitrogens with zero attached hydrogens (tertiary/aromatic N) is 1. The molecule has 0 heterocycles. The second-order valence-corrected chi connectivity index (χ2v) is 8.85. The molecule has 1 saturated carbocycles. The highest BCUT2D eigenvalue weighted by Gasteiger charge is 2.13. The van der Waals surface area contributed by atoms with Crippen molar-refractivity contribution in [3.05, 3.63) is 29.8 Å². The molecule has 0 bridgehead atoms. The minimum absolute atomic E-state index is 0.250. The Hall–Kier alpha value is -1.64. The summed E-state index contributed by atoms with van der Waals surface area (Å²) >= 11 is 0. The van der Waals surface area contributed by atoms with Crippen LogP contribution < -0.4 is 15.4 Å². The minimum Gasteiger partial charge on any atom is -0.378 e. The fraction of sp³-hybridized carbons (Fsp3) is 0.650. The molecule has 1 aliphatic rings. The standard InChI is InChI=1S/C20H34N4O3S/c1-3-22-20(23-13-8-14-27-18-10-5-4-6-11-18)24-16-17-9-7-12-19(15-17)28(25,26)21-2/h7,9,12,15,18,21H,3-6,8,10-11,13-14,16H2,1-2H3,(H2,22,23,24). The average Bonchev–Trinajstić information content (AvgIpc) is 2.72. The summed E-state index contributed by atoms with van der Waals surface area (Å²) in [5.74, 6) is 0.724. The maximum atomic E-state index is 11.9. The van der Waals surface area contributed by atoms with Crippen molar-refractivity contribution < 1.29 is 13.2 Å². The number of guanidine groups is 1. The van der Waals surface area contributed by atoms with Gasteiger partial charge in [0.2, 0.25) is 10.0 Å². The van der Waals surface area contributed by atoms with Crippen molar-refractivity contribution in [3.63, 3.8) is 0 Å². The van der Waals surface area contributed by atoms with E-state index in [4.69, 9.17) is 4.74 Å². The first kappa shape index (κ1) is 22.6. The first-order chi connectivity index (χ1) is 13.5. The lowest BCUT2D eigenvalue weighted by molar-refractivity contribution is 0.0277. The summed E-state index contributed by atoms with van der Waals surface area (Å²) in [6.45, 7) is 4.73. The molecule has 1 aromatic carbocycles. The quantitative estimate of drug-likeness (QED) is 0.313. The van der Waals surface area contributed by atoms with Crippen LogP contribution >= 0.6 is 0 Å². The van der Waals surface area contributed by atoms with Crippen LogP contribution in [0.4, 0.5) is 0 Å². The Labute approximate surface area is 169 Å². The van der Waals surface area contributed by atoms with Gasteiger partial charge in [-0.2, -0.15) is 0 Å². The number of sulfonamides is 1. The molecule has 1 aromatic rings. The van der Waals surface area contributed by atoms with E-state index >= 15 is 0 Å². The molecule has 158 valence electrons. The summed E-state index contributed by atoms with van der Waals surface area (Å²) in [6, 6.07) is 6.84. The molecule has 0 radical (unpaired) electrons. The van der Waals surface area contributed by atoms with Crippen LogP contribution in [-0.2, 0) is 21.3 Å².